The van der Waals surface area contributed by atoms with Crippen molar-refractivity contribution in [1.82, 2.24) is 10.2 Å². The quantitative estimate of drug-likeness (QED) is 0.807. The molecule has 0 bridgehead atoms. The second-order valence-electron chi connectivity index (χ2n) is 7.67. The second kappa shape index (κ2) is 7.07. The molecule has 23 heavy (non-hydrogen) atoms. The molecular formula is C17H30N2O4. The minimum absolute atomic E-state index is 0.380. The summed E-state index contributed by atoms with van der Waals surface area (Å²) in [5.74, 6) is -0.380. The van der Waals surface area contributed by atoms with Gasteiger partial charge in [-0.3, -0.25) is 0 Å². The largest absolute Gasteiger partial charge is 0.467 e. The van der Waals surface area contributed by atoms with Gasteiger partial charge >= 0.3 is 12.1 Å². The van der Waals surface area contributed by atoms with Crippen molar-refractivity contribution in [3.8, 4) is 0 Å². The van der Waals surface area contributed by atoms with Gasteiger partial charge in [0.15, 0.2) is 0 Å². The first-order valence-corrected chi connectivity index (χ1v) is 8.59. The molecule has 6 heteroatoms. The molecule has 1 saturated carbocycles. The zero-order valence-electron chi connectivity index (χ0n) is 14.8. The van der Waals surface area contributed by atoms with Gasteiger partial charge in [0.2, 0.25) is 0 Å². The number of amides is 1. The predicted octanol–water partition coefficient (Wildman–Crippen LogP) is 2.46. The van der Waals surface area contributed by atoms with Crippen LogP contribution in [-0.2, 0) is 14.3 Å². The lowest BCUT2D eigenvalue weighted by molar-refractivity contribution is -0.151. The van der Waals surface area contributed by atoms with Crippen molar-refractivity contribution < 1.29 is 19.1 Å². The molecular weight excluding hydrogens is 296 g/mol. The van der Waals surface area contributed by atoms with Crippen LogP contribution >= 0.6 is 0 Å². The molecule has 2 fully saturated rings. The number of alkyl carbamates (subject to hydrolysis) is 1. The van der Waals surface area contributed by atoms with Crippen LogP contribution in [0.4, 0.5) is 4.79 Å². The predicted molar refractivity (Wildman–Crippen MR) is 87.2 cm³/mol. The van der Waals surface area contributed by atoms with Gasteiger partial charge in [0, 0.05) is 19.1 Å². The number of hydrogen-bond donors (Lipinski definition) is 1. The molecule has 132 valence electrons. The highest BCUT2D eigenvalue weighted by Crippen LogP contribution is 2.30. The Morgan fingerprint density at radius 1 is 1.13 bits per heavy atom. The highest BCUT2D eigenvalue weighted by Gasteiger charge is 2.45. The first-order chi connectivity index (χ1) is 10.8. The van der Waals surface area contributed by atoms with E-state index in [1.54, 1.807) is 20.8 Å². The van der Waals surface area contributed by atoms with E-state index in [9.17, 15) is 9.59 Å². The molecule has 0 atom stereocenters. The molecule has 0 spiro atoms. The van der Waals surface area contributed by atoms with E-state index in [2.05, 4.69) is 10.2 Å². The maximum atomic E-state index is 12.3. The van der Waals surface area contributed by atoms with Crippen LogP contribution in [0.25, 0.3) is 0 Å². The average Bonchev–Trinajstić information content (AvgIpc) is 2.99. The molecule has 1 aliphatic carbocycles. The van der Waals surface area contributed by atoms with Gasteiger partial charge in [0.1, 0.15) is 11.1 Å². The van der Waals surface area contributed by atoms with Gasteiger partial charge in [0.05, 0.1) is 7.11 Å². The van der Waals surface area contributed by atoms with E-state index in [-0.39, 0.29) is 5.97 Å². The fourth-order valence-corrected chi connectivity index (χ4v) is 3.61. The third-order valence-corrected chi connectivity index (χ3v) is 4.81. The number of nitrogens with one attached hydrogen (secondary N) is 1. The van der Waals surface area contributed by atoms with Crippen LogP contribution in [-0.4, -0.2) is 54.3 Å². The fourth-order valence-electron chi connectivity index (χ4n) is 3.61. The Balaban J connectivity index is 2.00. The van der Waals surface area contributed by atoms with Gasteiger partial charge in [-0.15, -0.1) is 0 Å². The number of piperidine rings is 1. The molecule has 0 aromatic heterocycles. The van der Waals surface area contributed by atoms with Gasteiger partial charge in [-0.1, -0.05) is 12.8 Å². The van der Waals surface area contributed by atoms with Gasteiger partial charge < -0.3 is 19.7 Å². The van der Waals surface area contributed by atoms with Crippen LogP contribution in [0, 0.1) is 0 Å². The smallest absolute Gasteiger partial charge is 0.408 e. The number of rotatable bonds is 3. The Morgan fingerprint density at radius 3 is 2.17 bits per heavy atom. The standard InChI is InChI=1S/C17H30N2O4/c1-16(2,3)23-15(21)18-17(14(20)22-4)9-11-19(12-10-17)13-7-5-6-8-13/h13H,5-12H2,1-4H3,(H,18,21). The number of carbonyl (C=O) groups is 2. The Hall–Kier alpha value is -1.30. The lowest BCUT2D eigenvalue weighted by atomic mass is 9.86. The van der Waals surface area contributed by atoms with E-state index in [4.69, 9.17) is 9.47 Å². The van der Waals surface area contributed by atoms with Crippen LogP contribution in [0.1, 0.15) is 59.3 Å². The second-order valence-corrected chi connectivity index (χ2v) is 7.67. The first kappa shape index (κ1) is 18.0. The Bertz CT molecular complexity index is 430. The molecule has 2 aliphatic rings. The molecule has 0 aromatic carbocycles. The van der Waals surface area contributed by atoms with Crippen LogP contribution in [0.5, 0.6) is 0 Å². The number of carbonyl (C=O) groups excluding carboxylic acids is 2. The molecule has 0 radical (unpaired) electrons. The van der Waals surface area contributed by atoms with E-state index >= 15 is 0 Å². The Labute approximate surface area is 138 Å². The molecule has 1 amide bonds. The van der Waals surface area contributed by atoms with Crippen LogP contribution in [0.2, 0.25) is 0 Å². The average molecular weight is 326 g/mol. The third-order valence-electron chi connectivity index (χ3n) is 4.81. The number of likely N-dealkylation sites (tertiary alicyclic amines) is 1. The van der Waals surface area contributed by atoms with Crippen LogP contribution in [0.15, 0.2) is 0 Å². The number of hydrogen-bond acceptors (Lipinski definition) is 5. The van der Waals surface area contributed by atoms with Crippen molar-refractivity contribution in [2.75, 3.05) is 20.2 Å². The van der Waals surface area contributed by atoms with Crippen molar-refractivity contribution >= 4 is 12.1 Å². The SMILES string of the molecule is COC(=O)C1(NC(=O)OC(C)(C)C)CCN(C2CCCC2)CC1. The zero-order chi connectivity index (χ0) is 17.1. The molecule has 1 heterocycles. The molecule has 1 aliphatic heterocycles. The normalized spacial score (nSPS) is 22.6. The van der Waals surface area contributed by atoms with E-state index < -0.39 is 17.2 Å². The summed E-state index contributed by atoms with van der Waals surface area (Å²) in [6.45, 7) is 7.02. The van der Waals surface area contributed by atoms with E-state index in [0.717, 1.165) is 13.1 Å². The highest BCUT2D eigenvalue weighted by molar-refractivity contribution is 5.86. The summed E-state index contributed by atoms with van der Waals surface area (Å²) in [5.41, 5.74) is -1.56. The third kappa shape index (κ3) is 4.59. The van der Waals surface area contributed by atoms with E-state index in [1.165, 1.54) is 32.8 Å². The Morgan fingerprint density at radius 2 is 1.70 bits per heavy atom. The monoisotopic (exact) mass is 326 g/mol. The number of ether oxygens (including phenoxy) is 2. The maximum Gasteiger partial charge on any atom is 0.408 e. The first-order valence-electron chi connectivity index (χ1n) is 8.59. The molecule has 6 nitrogen and oxygen atoms in total. The zero-order valence-corrected chi connectivity index (χ0v) is 14.8. The lowest BCUT2D eigenvalue weighted by Crippen LogP contribution is -2.61. The Kier molecular flexibility index (Phi) is 5.55. The number of esters is 1. The van der Waals surface area contributed by atoms with Gasteiger partial charge in [-0.05, 0) is 46.5 Å². The molecule has 2 rings (SSSR count). The minimum atomic E-state index is -0.966. The van der Waals surface area contributed by atoms with Crippen molar-refractivity contribution in [3.05, 3.63) is 0 Å². The van der Waals surface area contributed by atoms with Crippen LogP contribution < -0.4 is 5.32 Å². The number of methoxy groups -OCH3 is 1. The summed E-state index contributed by atoms with van der Waals surface area (Å²) in [5, 5.41) is 2.79. The van der Waals surface area contributed by atoms with Gasteiger partial charge in [-0.25, -0.2) is 9.59 Å². The van der Waals surface area contributed by atoms with Crippen molar-refractivity contribution in [1.29, 1.82) is 0 Å². The maximum absolute atomic E-state index is 12.3. The summed E-state index contributed by atoms with van der Waals surface area (Å²) < 4.78 is 10.3. The molecule has 0 aromatic rings. The van der Waals surface area contributed by atoms with Crippen molar-refractivity contribution in [3.63, 3.8) is 0 Å². The van der Waals surface area contributed by atoms with E-state index in [1.807, 2.05) is 0 Å². The minimum Gasteiger partial charge on any atom is -0.467 e. The summed E-state index contributed by atoms with van der Waals surface area (Å²) in [7, 11) is 1.37. The molecule has 1 N–H and O–H groups in total. The van der Waals surface area contributed by atoms with E-state index in [0.29, 0.717) is 18.9 Å². The van der Waals surface area contributed by atoms with Gasteiger partial charge in [0.25, 0.3) is 0 Å². The molecule has 1 saturated heterocycles. The van der Waals surface area contributed by atoms with Crippen molar-refractivity contribution in [2.45, 2.75) is 76.5 Å². The summed E-state index contributed by atoms with van der Waals surface area (Å²) in [4.78, 5) is 26.9. The fraction of sp³-hybridized carbons (Fsp3) is 0.882. The summed E-state index contributed by atoms with van der Waals surface area (Å²) in [6, 6.07) is 0.632. The van der Waals surface area contributed by atoms with Crippen molar-refractivity contribution in [2.24, 2.45) is 0 Å². The van der Waals surface area contributed by atoms with Gasteiger partial charge in [-0.2, -0.15) is 0 Å². The number of nitrogens with zero attached hydrogens (tertiary/aromatic N) is 1. The topological polar surface area (TPSA) is 67.9 Å². The highest BCUT2D eigenvalue weighted by atomic mass is 16.6. The molecule has 0 unspecified atom stereocenters. The summed E-state index contributed by atoms with van der Waals surface area (Å²) in [6.07, 6.45) is 5.64. The van der Waals surface area contributed by atoms with Crippen LogP contribution in [0.3, 0.4) is 0 Å². The lowest BCUT2D eigenvalue weighted by Gasteiger charge is -2.42. The summed E-state index contributed by atoms with van der Waals surface area (Å²) >= 11 is 0.